The van der Waals surface area contributed by atoms with Gasteiger partial charge in [-0.15, -0.1) is 0 Å². The number of aliphatic carboxylic acids is 2. The Labute approximate surface area is 199 Å². The summed E-state index contributed by atoms with van der Waals surface area (Å²) in [6.45, 7) is 8.70. The van der Waals surface area contributed by atoms with E-state index in [0.29, 0.717) is 19.5 Å². The van der Waals surface area contributed by atoms with Gasteiger partial charge in [0.25, 0.3) is 0 Å². The van der Waals surface area contributed by atoms with Crippen LogP contribution in [0.25, 0.3) is 21.8 Å². The fourth-order valence-electron chi connectivity index (χ4n) is 4.35. The van der Waals surface area contributed by atoms with Crippen molar-refractivity contribution in [3.63, 3.8) is 0 Å². The second-order valence-electron chi connectivity index (χ2n) is 8.21. The number of aromatic nitrogens is 1. The van der Waals surface area contributed by atoms with Crippen LogP contribution in [0.2, 0.25) is 0 Å². The number of benzene rings is 2. The number of carboxylic acids is 2. The van der Waals surface area contributed by atoms with E-state index in [1.54, 1.807) is 4.31 Å². The van der Waals surface area contributed by atoms with Crippen molar-refractivity contribution in [2.24, 2.45) is 0 Å². The van der Waals surface area contributed by atoms with Crippen molar-refractivity contribution in [3.05, 3.63) is 48.0 Å². The first-order valence-electron chi connectivity index (χ1n) is 11.3. The summed E-state index contributed by atoms with van der Waals surface area (Å²) in [7, 11) is -3.08. The molecule has 0 amide bonds. The van der Waals surface area contributed by atoms with Crippen LogP contribution in [0.1, 0.15) is 25.8 Å². The molecule has 1 aliphatic rings. The Bertz CT molecular complexity index is 1260. The van der Waals surface area contributed by atoms with Crippen LogP contribution in [-0.2, 0) is 32.7 Å². The summed E-state index contributed by atoms with van der Waals surface area (Å²) < 4.78 is 28.5. The van der Waals surface area contributed by atoms with Crippen molar-refractivity contribution in [3.8, 4) is 0 Å². The van der Waals surface area contributed by atoms with Crippen LogP contribution in [0.5, 0.6) is 0 Å². The molecule has 1 saturated heterocycles. The topological polar surface area (TPSA) is 120 Å². The lowest BCUT2D eigenvalue weighted by Crippen LogP contribution is -2.48. The Morgan fingerprint density at radius 1 is 0.882 bits per heavy atom. The number of nitrogens with zero attached hydrogens (tertiary/aromatic N) is 3. The maximum atomic E-state index is 12.3. The molecule has 1 fully saturated rings. The molecule has 0 spiro atoms. The minimum Gasteiger partial charge on any atom is -0.473 e. The van der Waals surface area contributed by atoms with Crippen molar-refractivity contribution in [2.75, 3.05) is 31.9 Å². The molecule has 10 heteroatoms. The lowest BCUT2D eigenvalue weighted by molar-refractivity contribution is -0.159. The molecule has 9 nitrogen and oxygen atoms in total. The highest BCUT2D eigenvalue weighted by atomic mass is 32.2. The number of rotatable bonds is 6. The SMILES string of the molecule is CCCS(=O)(=O)N1CCN(Cc2ccc3c(c2)c2ccccc2n3CC)CC1.O=C(O)C(=O)O. The summed E-state index contributed by atoms with van der Waals surface area (Å²) in [5, 5.41) is 17.4. The average Bonchev–Trinajstić information content (AvgIpc) is 3.13. The second-order valence-corrected chi connectivity index (χ2v) is 10.3. The first-order valence-corrected chi connectivity index (χ1v) is 12.9. The summed E-state index contributed by atoms with van der Waals surface area (Å²) in [5.41, 5.74) is 3.85. The third kappa shape index (κ3) is 5.75. The zero-order valence-electron chi connectivity index (χ0n) is 19.5. The van der Waals surface area contributed by atoms with Gasteiger partial charge in [0.05, 0.1) is 5.75 Å². The van der Waals surface area contributed by atoms with E-state index in [-0.39, 0.29) is 5.75 Å². The molecular formula is C24H31N3O6S. The summed E-state index contributed by atoms with van der Waals surface area (Å²) in [6.07, 6.45) is 0.675. The molecule has 1 aromatic heterocycles. The van der Waals surface area contributed by atoms with Gasteiger partial charge in [-0.3, -0.25) is 4.90 Å². The van der Waals surface area contributed by atoms with Gasteiger partial charge >= 0.3 is 11.9 Å². The van der Waals surface area contributed by atoms with Crippen LogP contribution in [0.15, 0.2) is 42.5 Å². The number of hydrogen-bond donors (Lipinski definition) is 2. The summed E-state index contributed by atoms with van der Waals surface area (Å²) in [5.74, 6) is -3.39. The van der Waals surface area contributed by atoms with Crippen molar-refractivity contribution in [1.82, 2.24) is 13.8 Å². The van der Waals surface area contributed by atoms with Gasteiger partial charge in [-0.05, 0) is 37.1 Å². The molecule has 184 valence electrons. The molecule has 1 aliphatic heterocycles. The molecule has 2 heterocycles. The first-order chi connectivity index (χ1) is 16.2. The average molecular weight is 490 g/mol. The fraction of sp³-hybridized carbons (Fsp3) is 0.417. The molecular weight excluding hydrogens is 458 g/mol. The van der Waals surface area contributed by atoms with Gasteiger partial charge in [0.2, 0.25) is 10.0 Å². The standard InChI is InChI=1S/C22H29N3O2S.C2H2O4/c1-3-15-28(26,27)24-13-11-23(12-14-24)17-18-9-10-22-20(16-18)19-7-5-6-8-21(19)25(22)4-2;3-1(4)2(5)6/h5-10,16H,3-4,11-15,17H2,1-2H3;(H,3,4)(H,5,6). The molecule has 0 saturated carbocycles. The summed E-state index contributed by atoms with van der Waals surface area (Å²) >= 11 is 0. The predicted octanol–water partition coefficient (Wildman–Crippen LogP) is 2.83. The van der Waals surface area contributed by atoms with Gasteiger partial charge in [0.15, 0.2) is 0 Å². The molecule has 0 unspecified atom stereocenters. The van der Waals surface area contributed by atoms with E-state index in [0.717, 1.165) is 26.2 Å². The van der Waals surface area contributed by atoms with Crippen LogP contribution < -0.4 is 0 Å². The third-order valence-electron chi connectivity index (χ3n) is 5.93. The number of piperazine rings is 1. The van der Waals surface area contributed by atoms with Crippen LogP contribution >= 0.6 is 0 Å². The van der Waals surface area contributed by atoms with Gasteiger partial charge in [-0.1, -0.05) is 31.2 Å². The number of carboxylic acid groups (broad SMARTS) is 2. The van der Waals surface area contributed by atoms with Crippen LogP contribution in [-0.4, -0.2) is 76.3 Å². The normalized spacial score (nSPS) is 15.2. The van der Waals surface area contributed by atoms with E-state index in [9.17, 15) is 8.42 Å². The molecule has 2 N–H and O–H groups in total. The van der Waals surface area contributed by atoms with Crippen molar-refractivity contribution >= 4 is 43.8 Å². The largest absolute Gasteiger partial charge is 0.473 e. The molecule has 0 aliphatic carbocycles. The van der Waals surface area contributed by atoms with Crippen molar-refractivity contribution < 1.29 is 28.2 Å². The first kappa shape index (κ1) is 25.7. The van der Waals surface area contributed by atoms with Crippen molar-refractivity contribution in [2.45, 2.75) is 33.4 Å². The van der Waals surface area contributed by atoms with Crippen LogP contribution in [0.3, 0.4) is 0 Å². The Balaban J connectivity index is 0.000000481. The molecule has 0 atom stereocenters. The highest BCUT2D eigenvalue weighted by Crippen LogP contribution is 2.30. The van der Waals surface area contributed by atoms with E-state index in [1.165, 1.54) is 27.4 Å². The van der Waals surface area contributed by atoms with E-state index < -0.39 is 22.0 Å². The van der Waals surface area contributed by atoms with Gasteiger partial charge in [-0.25, -0.2) is 18.0 Å². The van der Waals surface area contributed by atoms with Crippen molar-refractivity contribution in [1.29, 1.82) is 0 Å². The molecule has 0 bridgehead atoms. The molecule has 2 aromatic carbocycles. The quantitative estimate of drug-likeness (QED) is 0.511. The van der Waals surface area contributed by atoms with E-state index in [2.05, 4.69) is 58.9 Å². The monoisotopic (exact) mass is 489 g/mol. The second kappa shape index (κ2) is 11.0. The number of carbonyl (C=O) groups is 2. The lowest BCUT2D eigenvalue weighted by Gasteiger charge is -2.34. The number of aryl methyl sites for hydroxylation is 1. The molecule has 3 aromatic rings. The van der Waals surface area contributed by atoms with E-state index >= 15 is 0 Å². The van der Waals surface area contributed by atoms with E-state index in [1.807, 2.05) is 6.92 Å². The lowest BCUT2D eigenvalue weighted by atomic mass is 10.1. The highest BCUT2D eigenvalue weighted by molar-refractivity contribution is 7.89. The Kier molecular flexibility index (Phi) is 8.29. The number of para-hydroxylation sites is 1. The summed E-state index contributed by atoms with van der Waals surface area (Å²) in [6, 6.07) is 15.3. The smallest absolute Gasteiger partial charge is 0.414 e. The minimum absolute atomic E-state index is 0.255. The Morgan fingerprint density at radius 3 is 2.09 bits per heavy atom. The van der Waals surface area contributed by atoms with E-state index in [4.69, 9.17) is 19.8 Å². The Morgan fingerprint density at radius 2 is 1.50 bits per heavy atom. The maximum Gasteiger partial charge on any atom is 0.414 e. The van der Waals surface area contributed by atoms with Gasteiger partial charge in [-0.2, -0.15) is 4.31 Å². The van der Waals surface area contributed by atoms with Gasteiger partial charge in [0.1, 0.15) is 0 Å². The minimum atomic E-state index is -3.08. The predicted molar refractivity (Wildman–Crippen MR) is 131 cm³/mol. The van der Waals surface area contributed by atoms with Gasteiger partial charge < -0.3 is 14.8 Å². The third-order valence-corrected chi connectivity index (χ3v) is 8.00. The number of hydrogen-bond acceptors (Lipinski definition) is 5. The van der Waals surface area contributed by atoms with Gasteiger partial charge in [0, 0.05) is 61.1 Å². The van der Waals surface area contributed by atoms with Crippen LogP contribution in [0.4, 0.5) is 0 Å². The highest BCUT2D eigenvalue weighted by Gasteiger charge is 2.26. The number of fused-ring (bicyclic) bond motifs is 3. The Hall–Kier alpha value is -2.95. The zero-order valence-corrected chi connectivity index (χ0v) is 20.3. The molecule has 0 radical (unpaired) electrons. The molecule has 34 heavy (non-hydrogen) atoms. The summed E-state index contributed by atoms with van der Waals surface area (Å²) in [4.78, 5) is 20.6. The fourth-order valence-corrected chi connectivity index (χ4v) is 5.84. The maximum absolute atomic E-state index is 12.3. The van der Waals surface area contributed by atoms with Crippen LogP contribution in [0, 0.1) is 0 Å². The zero-order chi connectivity index (χ0) is 24.9. The molecule has 4 rings (SSSR count). The number of sulfonamides is 1.